The van der Waals surface area contributed by atoms with Crippen molar-refractivity contribution in [2.75, 3.05) is 26.2 Å². The lowest BCUT2D eigenvalue weighted by atomic mass is 9.81. The number of nitrogens with zero attached hydrogens (tertiary/aromatic N) is 2. The summed E-state index contributed by atoms with van der Waals surface area (Å²) in [6.07, 6.45) is 9.33. The van der Waals surface area contributed by atoms with Crippen molar-refractivity contribution in [3.63, 3.8) is 0 Å². The third-order valence-electron chi connectivity index (χ3n) is 7.18. The number of halogens is 1. The lowest BCUT2D eigenvalue weighted by molar-refractivity contribution is -0.140. The predicted molar refractivity (Wildman–Crippen MR) is 111 cm³/mol. The van der Waals surface area contributed by atoms with E-state index >= 15 is 0 Å². The molecule has 5 heteroatoms. The molecule has 2 unspecified atom stereocenters. The van der Waals surface area contributed by atoms with Crippen LogP contribution in [0.25, 0.3) is 0 Å². The Hall–Kier alpha value is -1.75. The SMILES string of the molecule is O=C1C2CCCCC2C(=O)N1CCCCN1CCC(Cc2ccc(F)cc2)CC1. The molecule has 29 heavy (non-hydrogen) atoms. The Bertz CT molecular complexity index is 688. The number of piperidine rings is 1. The van der Waals surface area contributed by atoms with Gasteiger partial charge in [0.25, 0.3) is 0 Å². The number of carbonyl (C=O) groups excluding carboxylic acids is 2. The summed E-state index contributed by atoms with van der Waals surface area (Å²) < 4.78 is 13.0. The van der Waals surface area contributed by atoms with Crippen LogP contribution >= 0.6 is 0 Å². The van der Waals surface area contributed by atoms with Crippen LogP contribution in [-0.2, 0) is 16.0 Å². The topological polar surface area (TPSA) is 40.6 Å². The number of benzene rings is 1. The minimum absolute atomic E-state index is 0.0172. The Morgan fingerprint density at radius 2 is 1.41 bits per heavy atom. The van der Waals surface area contributed by atoms with E-state index in [-0.39, 0.29) is 29.5 Å². The van der Waals surface area contributed by atoms with Gasteiger partial charge in [0.15, 0.2) is 0 Å². The third-order valence-corrected chi connectivity index (χ3v) is 7.18. The van der Waals surface area contributed by atoms with Gasteiger partial charge in [-0.2, -0.15) is 0 Å². The van der Waals surface area contributed by atoms with E-state index in [0.717, 1.165) is 64.6 Å². The molecule has 0 aromatic heterocycles. The Morgan fingerprint density at radius 1 is 0.828 bits per heavy atom. The summed E-state index contributed by atoms with van der Waals surface area (Å²) in [5, 5.41) is 0. The summed E-state index contributed by atoms with van der Waals surface area (Å²) in [5.74, 6) is 0.676. The van der Waals surface area contributed by atoms with E-state index in [1.165, 1.54) is 18.4 Å². The van der Waals surface area contributed by atoms with Crippen LogP contribution in [0.2, 0.25) is 0 Å². The zero-order chi connectivity index (χ0) is 20.2. The fourth-order valence-corrected chi connectivity index (χ4v) is 5.42. The van der Waals surface area contributed by atoms with Gasteiger partial charge in [0, 0.05) is 6.54 Å². The monoisotopic (exact) mass is 400 g/mol. The Morgan fingerprint density at radius 3 is 2.03 bits per heavy atom. The number of amides is 2. The van der Waals surface area contributed by atoms with Crippen molar-refractivity contribution in [3.8, 4) is 0 Å². The maximum atomic E-state index is 13.0. The standard InChI is InChI=1S/C24H33FN2O2/c25-20-9-7-18(8-10-20)17-19-11-15-26(16-12-19)13-3-4-14-27-23(28)21-5-1-2-6-22(21)24(27)29/h7-10,19,21-22H,1-6,11-17H2. The van der Waals surface area contributed by atoms with E-state index in [9.17, 15) is 14.0 Å². The Balaban J connectivity index is 1.14. The van der Waals surface area contributed by atoms with Crippen molar-refractivity contribution in [3.05, 3.63) is 35.6 Å². The third kappa shape index (κ3) is 4.88. The minimum atomic E-state index is -0.167. The van der Waals surface area contributed by atoms with Crippen LogP contribution < -0.4 is 0 Å². The molecule has 3 aliphatic rings. The summed E-state index contributed by atoms with van der Waals surface area (Å²) in [6, 6.07) is 6.90. The molecule has 1 saturated carbocycles. The van der Waals surface area contributed by atoms with Crippen molar-refractivity contribution in [2.45, 2.75) is 57.8 Å². The number of hydrogen-bond donors (Lipinski definition) is 0. The summed E-state index contributed by atoms with van der Waals surface area (Å²) in [4.78, 5) is 29.1. The molecule has 1 aromatic carbocycles. The fourth-order valence-electron chi connectivity index (χ4n) is 5.42. The number of carbonyl (C=O) groups is 2. The molecule has 2 amide bonds. The summed E-state index contributed by atoms with van der Waals surface area (Å²) in [7, 11) is 0. The number of likely N-dealkylation sites (tertiary alicyclic amines) is 2. The van der Waals surface area contributed by atoms with Crippen LogP contribution in [-0.4, -0.2) is 47.8 Å². The van der Waals surface area contributed by atoms with Crippen molar-refractivity contribution < 1.29 is 14.0 Å². The molecule has 0 N–H and O–H groups in total. The largest absolute Gasteiger partial charge is 0.303 e. The lowest BCUT2D eigenvalue weighted by Gasteiger charge is -2.32. The molecule has 1 aliphatic carbocycles. The highest BCUT2D eigenvalue weighted by atomic mass is 19.1. The molecule has 158 valence electrons. The molecule has 2 heterocycles. The van der Waals surface area contributed by atoms with Crippen LogP contribution in [0.3, 0.4) is 0 Å². The molecule has 0 bridgehead atoms. The van der Waals surface area contributed by atoms with Gasteiger partial charge in [-0.25, -0.2) is 4.39 Å². The van der Waals surface area contributed by atoms with Crippen LogP contribution in [0.1, 0.15) is 56.9 Å². The van der Waals surface area contributed by atoms with Gasteiger partial charge >= 0.3 is 0 Å². The molecular weight excluding hydrogens is 367 g/mol. The van der Waals surface area contributed by atoms with E-state index < -0.39 is 0 Å². The number of unbranched alkanes of at least 4 members (excludes halogenated alkanes) is 1. The quantitative estimate of drug-likeness (QED) is 0.512. The first-order valence-electron chi connectivity index (χ1n) is 11.4. The van der Waals surface area contributed by atoms with Gasteiger partial charge in [0.1, 0.15) is 5.82 Å². The summed E-state index contributed by atoms with van der Waals surface area (Å²) in [6.45, 7) is 3.87. The number of imide groups is 1. The van der Waals surface area contributed by atoms with Crippen LogP contribution in [0.15, 0.2) is 24.3 Å². The van der Waals surface area contributed by atoms with E-state index in [1.807, 2.05) is 12.1 Å². The van der Waals surface area contributed by atoms with Crippen LogP contribution in [0, 0.1) is 23.6 Å². The van der Waals surface area contributed by atoms with Crippen LogP contribution in [0.5, 0.6) is 0 Å². The number of rotatable bonds is 7. The van der Waals surface area contributed by atoms with Gasteiger partial charge in [0.2, 0.25) is 11.8 Å². The van der Waals surface area contributed by atoms with Gasteiger partial charge < -0.3 is 4.90 Å². The highest BCUT2D eigenvalue weighted by Gasteiger charge is 2.47. The average Bonchev–Trinajstić information content (AvgIpc) is 2.99. The summed E-state index contributed by atoms with van der Waals surface area (Å²) >= 11 is 0. The zero-order valence-electron chi connectivity index (χ0n) is 17.3. The van der Waals surface area contributed by atoms with Crippen molar-refractivity contribution in [2.24, 2.45) is 17.8 Å². The van der Waals surface area contributed by atoms with Crippen molar-refractivity contribution in [1.29, 1.82) is 0 Å². The van der Waals surface area contributed by atoms with E-state index in [2.05, 4.69) is 4.90 Å². The molecule has 2 aliphatic heterocycles. The maximum Gasteiger partial charge on any atom is 0.233 e. The number of hydrogen-bond acceptors (Lipinski definition) is 3. The van der Waals surface area contributed by atoms with E-state index in [0.29, 0.717) is 12.5 Å². The Kier molecular flexibility index (Phi) is 6.63. The van der Waals surface area contributed by atoms with Gasteiger partial charge in [-0.05, 0) is 88.2 Å². The molecule has 3 fully saturated rings. The average molecular weight is 401 g/mol. The molecule has 1 aromatic rings. The molecule has 0 radical (unpaired) electrons. The summed E-state index contributed by atoms with van der Waals surface area (Å²) in [5.41, 5.74) is 1.23. The van der Waals surface area contributed by atoms with Crippen molar-refractivity contribution >= 4 is 11.8 Å². The van der Waals surface area contributed by atoms with E-state index in [1.54, 1.807) is 17.0 Å². The molecule has 2 saturated heterocycles. The molecule has 2 atom stereocenters. The first-order chi connectivity index (χ1) is 14.1. The molecule has 4 rings (SSSR count). The lowest BCUT2D eigenvalue weighted by Crippen LogP contribution is -2.36. The predicted octanol–water partition coefficient (Wildman–Crippen LogP) is 4.04. The van der Waals surface area contributed by atoms with Gasteiger partial charge in [0.05, 0.1) is 11.8 Å². The van der Waals surface area contributed by atoms with Gasteiger partial charge in [-0.3, -0.25) is 14.5 Å². The highest BCUT2D eigenvalue weighted by Crippen LogP contribution is 2.38. The molecular formula is C24H33FN2O2. The second kappa shape index (κ2) is 9.38. The second-order valence-corrected chi connectivity index (χ2v) is 9.15. The van der Waals surface area contributed by atoms with Crippen molar-refractivity contribution in [1.82, 2.24) is 9.80 Å². The smallest absolute Gasteiger partial charge is 0.233 e. The first kappa shape index (κ1) is 20.5. The number of fused-ring (bicyclic) bond motifs is 1. The highest BCUT2D eigenvalue weighted by molar-refractivity contribution is 6.05. The van der Waals surface area contributed by atoms with Crippen LogP contribution in [0.4, 0.5) is 4.39 Å². The van der Waals surface area contributed by atoms with E-state index in [4.69, 9.17) is 0 Å². The normalized spacial score (nSPS) is 26.2. The Labute approximate surface area is 173 Å². The second-order valence-electron chi connectivity index (χ2n) is 9.15. The zero-order valence-corrected chi connectivity index (χ0v) is 17.3. The molecule has 0 spiro atoms. The van der Waals surface area contributed by atoms with Gasteiger partial charge in [-0.1, -0.05) is 25.0 Å². The fraction of sp³-hybridized carbons (Fsp3) is 0.667. The molecule has 4 nitrogen and oxygen atoms in total. The maximum absolute atomic E-state index is 13.0. The minimum Gasteiger partial charge on any atom is -0.303 e. The first-order valence-corrected chi connectivity index (χ1v) is 11.4. The van der Waals surface area contributed by atoms with Gasteiger partial charge in [-0.15, -0.1) is 0 Å².